The first-order chi connectivity index (χ1) is 9.61. The number of benzene rings is 2. The number of rotatable bonds is 5. The number of likely N-dealkylation sites (N-methyl/N-ethyl adjacent to an activating group) is 1. The first kappa shape index (κ1) is 15.5. The molecule has 2 rings (SSSR count). The Balaban J connectivity index is 2.32. The van der Waals surface area contributed by atoms with Crippen LogP contribution in [-0.4, -0.2) is 6.54 Å². The van der Waals surface area contributed by atoms with Gasteiger partial charge in [0.05, 0.1) is 0 Å². The predicted molar refractivity (Wildman–Crippen MR) is 85.7 cm³/mol. The maximum atomic E-state index is 13.8. The lowest BCUT2D eigenvalue weighted by Gasteiger charge is -2.20. The van der Waals surface area contributed by atoms with Crippen LogP contribution in [0.5, 0.6) is 0 Å². The Morgan fingerprint density at radius 2 is 2.00 bits per heavy atom. The molecule has 0 saturated heterocycles. The molecule has 1 atom stereocenters. The minimum absolute atomic E-state index is 0.0121. The second-order valence-electron chi connectivity index (χ2n) is 4.57. The van der Waals surface area contributed by atoms with Crippen molar-refractivity contribution in [2.75, 3.05) is 6.54 Å². The number of nitrogens with one attached hydrogen (secondary N) is 1. The lowest BCUT2D eigenvalue weighted by Crippen LogP contribution is -2.23. The normalized spacial score (nSPS) is 12.4. The Morgan fingerprint density at radius 1 is 1.25 bits per heavy atom. The molecule has 0 heterocycles. The fourth-order valence-corrected chi connectivity index (χ4v) is 2.83. The molecule has 0 aliphatic heterocycles. The van der Waals surface area contributed by atoms with Crippen molar-refractivity contribution in [2.45, 2.75) is 19.4 Å². The molecule has 1 nitrogen and oxygen atoms in total. The third-order valence-electron chi connectivity index (χ3n) is 3.17. The molecule has 4 heteroatoms. The maximum absolute atomic E-state index is 13.8. The largest absolute Gasteiger partial charge is 0.310 e. The molecule has 2 aromatic carbocycles. The van der Waals surface area contributed by atoms with Crippen LogP contribution in [0.2, 0.25) is 5.02 Å². The van der Waals surface area contributed by atoms with Crippen molar-refractivity contribution in [3.05, 3.63) is 68.9 Å². The van der Waals surface area contributed by atoms with E-state index in [2.05, 4.69) is 21.2 Å². The van der Waals surface area contributed by atoms with Gasteiger partial charge in [0.2, 0.25) is 0 Å². The molecule has 1 unspecified atom stereocenters. The highest BCUT2D eigenvalue weighted by Crippen LogP contribution is 2.29. The van der Waals surface area contributed by atoms with E-state index in [0.29, 0.717) is 17.0 Å². The van der Waals surface area contributed by atoms with Gasteiger partial charge in [-0.3, -0.25) is 0 Å². The minimum Gasteiger partial charge on any atom is -0.310 e. The summed E-state index contributed by atoms with van der Waals surface area (Å²) in [6.45, 7) is 2.82. The predicted octanol–water partition coefficient (Wildman–Crippen LogP) is 5.13. The van der Waals surface area contributed by atoms with Crippen molar-refractivity contribution < 1.29 is 4.39 Å². The van der Waals surface area contributed by atoms with Gasteiger partial charge >= 0.3 is 0 Å². The highest BCUT2D eigenvalue weighted by Gasteiger charge is 2.16. The zero-order valence-electron chi connectivity index (χ0n) is 11.2. The van der Waals surface area contributed by atoms with Gasteiger partial charge in [-0.2, -0.15) is 0 Å². The Morgan fingerprint density at radius 3 is 2.70 bits per heavy atom. The van der Waals surface area contributed by atoms with Crippen LogP contribution < -0.4 is 5.32 Å². The Kier molecular flexibility index (Phi) is 5.58. The second kappa shape index (κ2) is 7.21. The van der Waals surface area contributed by atoms with E-state index in [1.807, 2.05) is 37.3 Å². The zero-order chi connectivity index (χ0) is 14.5. The van der Waals surface area contributed by atoms with Crippen molar-refractivity contribution in [2.24, 2.45) is 0 Å². The number of halogens is 3. The average Bonchev–Trinajstić information content (AvgIpc) is 2.43. The van der Waals surface area contributed by atoms with E-state index in [-0.39, 0.29) is 11.9 Å². The molecular weight excluding hydrogens is 341 g/mol. The summed E-state index contributed by atoms with van der Waals surface area (Å²) in [5, 5.41) is 4.06. The van der Waals surface area contributed by atoms with Crippen molar-refractivity contribution in [1.82, 2.24) is 5.32 Å². The smallest absolute Gasteiger partial charge is 0.126 e. The van der Waals surface area contributed by atoms with Gasteiger partial charge in [-0.05, 0) is 48.4 Å². The van der Waals surface area contributed by atoms with E-state index in [9.17, 15) is 4.39 Å². The summed E-state index contributed by atoms with van der Waals surface area (Å²) in [4.78, 5) is 0. The number of hydrogen-bond donors (Lipinski definition) is 1. The van der Waals surface area contributed by atoms with Gasteiger partial charge in [0.25, 0.3) is 0 Å². The topological polar surface area (TPSA) is 12.0 Å². The highest BCUT2D eigenvalue weighted by atomic mass is 79.9. The zero-order valence-corrected chi connectivity index (χ0v) is 13.5. The minimum atomic E-state index is -0.179. The third kappa shape index (κ3) is 3.81. The Hall–Kier alpha value is -0.900. The summed E-state index contributed by atoms with van der Waals surface area (Å²) in [5.74, 6) is -0.179. The van der Waals surface area contributed by atoms with Gasteiger partial charge in [-0.15, -0.1) is 0 Å². The van der Waals surface area contributed by atoms with Crippen molar-refractivity contribution in [1.29, 1.82) is 0 Å². The fraction of sp³-hybridized carbons (Fsp3) is 0.250. The summed E-state index contributed by atoms with van der Waals surface area (Å²) >= 11 is 9.73. The van der Waals surface area contributed by atoms with Crippen LogP contribution in [0.1, 0.15) is 24.1 Å². The maximum Gasteiger partial charge on any atom is 0.126 e. The molecule has 0 spiro atoms. The highest BCUT2D eigenvalue weighted by molar-refractivity contribution is 9.10. The van der Waals surface area contributed by atoms with Crippen LogP contribution in [-0.2, 0) is 6.42 Å². The summed E-state index contributed by atoms with van der Waals surface area (Å²) in [5.41, 5.74) is 1.67. The molecule has 20 heavy (non-hydrogen) atoms. The molecule has 0 saturated carbocycles. The van der Waals surface area contributed by atoms with Gasteiger partial charge in [-0.25, -0.2) is 4.39 Å². The number of hydrogen-bond acceptors (Lipinski definition) is 1. The third-order valence-corrected chi connectivity index (χ3v) is 4.00. The van der Waals surface area contributed by atoms with Crippen molar-refractivity contribution >= 4 is 27.5 Å². The molecule has 106 valence electrons. The monoisotopic (exact) mass is 355 g/mol. The molecule has 2 aromatic rings. The van der Waals surface area contributed by atoms with E-state index < -0.39 is 0 Å². The molecule has 1 N–H and O–H groups in total. The second-order valence-corrected chi connectivity index (χ2v) is 5.89. The van der Waals surface area contributed by atoms with Gasteiger partial charge in [0.1, 0.15) is 5.82 Å². The molecule has 0 radical (unpaired) electrons. The lowest BCUT2D eigenvalue weighted by molar-refractivity contribution is 0.528. The van der Waals surface area contributed by atoms with Gasteiger partial charge < -0.3 is 5.32 Å². The summed E-state index contributed by atoms with van der Waals surface area (Å²) in [6.07, 6.45) is 0.566. The van der Waals surface area contributed by atoms with Crippen LogP contribution in [0.15, 0.2) is 46.9 Å². The Labute approximate surface area is 132 Å². The fourth-order valence-electron chi connectivity index (χ4n) is 2.20. The lowest BCUT2D eigenvalue weighted by atomic mass is 9.98. The first-order valence-corrected chi connectivity index (χ1v) is 7.70. The average molecular weight is 357 g/mol. The molecule has 0 aliphatic carbocycles. The van der Waals surface area contributed by atoms with Crippen LogP contribution in [0.4, 0.5) is 4.39 Å². The molecule has 0 fully saturated rings. The summed E-state index contributed by atoms with van der Waals surface area (Å²) in [7, 11) is 0. The van der Waals surface area contributed by atoms with Crippen molar-refractivity contribution in [3.8, 4) is 0 Å². The summed E-state index contributed by atoms with van der Waals surface area (Å²) in [6, 6.07) is 12.6. The summed E-state index contributed by atoms with van der Waals surface area (Å²) < 4.78 is 14.8. The molecule has 0 bridgehead atoms. The van der Waals surface area contributed by atoms with E-state index >= 15 is 0 Å². The molecule has 0 aromatic heterocycles. The van der Waals surface area contributed by atoms with Gasteiger partial charge in [0.15, 0.2) is 0 Å². The van der Waals surface area contributed by atoms with E-state index in [0.717, 1.165) is 16.6 Å². The first-order valence-electron chi connectivity index (χ1n) is 6.53. The molecule has 0 amide bonds. The SMILES string of the molecule is CCNC(Cc1ccccc1F)c1cc(Br)ccc1Cl. The van der Waals surface area contributed by atoms with Gasteiger partial charge in [0, 0.05) is 15.5 Å². The van der Waals surface area contributed by atoms with Crippen LogP contribution in [0.3, 0.4) is 0 Å². The standard InChI is InChI=1S/C16H16BrClFN/c1-2-20-16(9-11-5-3-4-6-15(11)19)13-10-12(17)7-8-14(13)18/h3-8,10,16,20H,2,9H2,1H3. The Bertz CT molecular complexity index is 588. The van der Waals surface area contributed by atoms with Crippen LogP contribution in [0, 0.1) is 5.82 Å². The van der Waals surface area contributed by atoms with Gasteiger partial charge in [-0.1, -0.05) is 52.7 Å². The van der Waals surface area contributed by atoms with E-state index in [4.69, 9.17) is 11.6 Å². The van der Waals surface area contributed by atoms with E-state index in [1.54, 1.807) is 6.07 Å². The van der Waals surface area contributed by atoms with Crippen LogP contribution >= 0.6 is 27.5 Å². The molecule has 0 aliphatic rings. The van der Waals surface area contributed by atoms with Crippen molar-refractivity contribution in [3.63, 3.8) is 0 Å². The molecular formula is C16H16BrClFN. The quantitative estimate of drug-likeness (QED) is 0.782. The van der Waals surface area contributed by atoms with E-state index in [1.165, 1.54) is 6.07 Å². The van der Waals surface area contributed by atoms with Crippen LogP contribution in [0.25, 0.3) is 0 Å².